The molecule has 0 saturated heterocycles. The molecule has 0 aliphatic heterocycles. The third-order valence-electron chi connectivity index (χ3n) is 3.23. The molecule has 0 radical (unpaired) electrons. The normalized spacial score (nSPS) is 16.2. The molecule has 98 valence electrons. The molecular formula is C14H20N2O2. The van der Waals surface area contributed by atoms with Crippen LogP contribution in [0.15, 0.2) is 18.2 Å². The number of hydrogen-bond acceptors (Lipinski definition) is 3. The second-order valence-electron chi connectivity index (χ2n) is 4.98. The highest BCUT2D eigenvalue weighted by atomic mass is 16.5. The summed E-state index contributed by atoms with van der Waals surface area (Å²) in [6.07, 6.45) is 3.18. The number of carbonyl (C=O) groups excluding carboxylic acids is 1. The Morgan fingerprint density at radius 1 is 1.56 bits per heavy atom. The van der Waals surface area contributed by atoms with Crippen molar-refractivity contribution in [3.8, 4) is 5.75 Å². The summed E-state index contributed by atoms with van der Waals surface area (Å²) < 4.78 is 5.22. The van der Waals surface area contributed by atoms with Gasteiger partial charge in [0, 0.05) is 0 Å². The highest BCUT2D eigenvalue weighted by Gasteiger charge is 2.27. The number of ether oxygens (including phenoxy) is 1. The van der Waals surface area contributed by atoms with Crippen molar-refractivity contribution in [1.82, 2.24) is 0 Å². The van der Waals surface area contributed by atoms with Crippen molar-refractivity contribution in [2.75, 3.05) is 12.4 Å². The summed E-state index contributed by atoms with van der Waals surface area (Å²) in [7, 11) is 1.59. The summed E-state index contributed by atoms with van der Waals surface area (Å²) in [5, 5.41) is 2.85. The molecule has 1 aromatic rings. The average molecular weight is 248 g/mol. The number of anilines is 1. The number of aryl methyl sites for hydroxylation is 1. The monoisotopic (exact) mass is 248 g/mol. The number of benzene rings is 1. The topological polar surface area (TPSA) is 64.3 Å². The Hall–Kier alpha value is -1.55. The molecule has 0 bridgehead atoms. The standard InChI is InChI=1S/C14H20N2O2/c1-9-3-6-13(18-2)12(7-9)16-14(17)11(15)8-10-4-5-10/h3,6-7,10-11H,4-5,8,15H2,1-2H3,(H,16,17). The molecule has 1 aliphatic rings. The van der Waals surface area contributed by atoms with Crippen molar-refractivity contribution >= 4 is 11.6 Å². The molecule has 4 heteroatoms. The Bertz CT molecular complexity index is 441. The summed E-state index contributed by atoms with van der Waals surface area (Å²) in [6, 6.07) is 5.25. The van der Waals surface area contributed by atoms with Gasteiger partial charge in [0.15, 0.2) is 0 Å². The van der Waals surface area contributed by atoms with Gasteiger partial charge in [-0.2, -0.15) is 0 Å². The first-order valence-corrected chi connectivity index (χ1v) is 6.31. The average Bonchev–Trinajstić information content (AvgIpc) is 3.13. The van der Waals surface area contributed by atoms with E-state index >= 15 is 0 Å². The van der Waals surface area contributed by atoms with Gasteiger partial charge in [-0.25, -0.2) is 0 Å². The van der Waals surface area contributed by atoms with Crippen LogP contribution < -0.4 is 15.8 Å². The van der Waals surface area contributed by atoms with Crippen LogP contribution in [-0.2, 0) is 4.79 Å². The molecule has 18 heavy (non-hydrogen) atoms. The molecular weight excluding hydrogens is 228 g/mol. The van der Waals surface area contributed by atoms with Crippen molar-refractivity contribution in [2.24, 2.45) is 11.7 Å². The third kappa shape index (κ3) is 3.23. The fourth-order valence-corrected chi connectivity index (χ4v) is 1.96. The quantitative estimate of drug-likeness (QED) is 0.838. The minimum absolute atomic E-state index is 0.134. The van der Waals surface area contributed by atoms with E-state index in [4.69, 9.17) is 10.5 Å². The van der Waals surface area contributed by atoms with Crippen molar-refractivity contribution in [3.63, 3.8) is 0 Å². The summed E-state index contributed by atoms with van der Waals surface area (Å²) in [5.74, 6) is 1.17. The lowest BCUT2D eigenvalue weighted by Crippen LogP contribution is -2.36. The number of amides is 1. The smallest absolute Gasteiger partial charge is 0.241 e. The van der Waals surface area contributed by atoms with Gasteiger partial charge in [0.25, 0.3) is 0 Å². The van der Waals surface area contributed by atoms with Gasteiger partial charge in [-0.1, -0.05) is 18.9 Å². The van der Waals surface area contributed by atoms with Gasteiger partial charge in [0.1, 0.15) is 5.75 Å². The molecule has 1 amide bonds. The Morgan fingerprint density at radius 3 is 2.89 bits per heavy atom. The number of carbonyl (C=O) groups is 1. The number of nitrogens with two attached hydrogens (primary N) is 1. The zero-order chi connectivity index (χ0) is 13.1. The van der Waals surface area contributed by atoms with Crippen LogP contribution in [0, 0.1) is 12.8 Å². The molecule has 0 aromatic heterocycles. The molecule has 1 aromatic carbocycles. The number of nitrogens with one attached hydrogen (secondary N) is 1. The first-order valence-electron chi connectivity index (χ1n) is 6.31. The highest BCUT2D eigenvalue weighted by Crippen LogP contribution is 2.33. The molecule has 1 aliphatic carbocycles. The Kier molecular flexibility index (Phi) is 3.87. The van der Waals surface area contributed by atoms with Gasteiger partial charge in [0.05, 0.1) is 18.8 Å². The lowest BCUT2D eigenvalue weighted by Gasteiger charge is -2.14. The highest BCUT2D eigenvalue weighted by molar-refractivity contribution is 5.96. The van der Waals surface area contributed by atoms with Gasteiger partial charge in [-0.3, -0.25) is 4.79 Å². The number of hydrogen-bond donors (Lipinski definition) is 2. The molecule has 0 spiro atoms. The van der Waals surface area contributed by atoms with Gasteiger partial charge in [0.2, 0.25) is 5.91 Å². The zero-order valence-corrected chi connectivity index (χ0v) is 10.9. The molecule has 1 unspecified atom stereocenters. The van der Waals surface area contributed by atoms with E-state index in [1.165, 1.54) is 12.8 Å². The SMILES string of the molecule is COc1ccc(C)cc1NC(=O)C(N)CC1CC1. The van der Waals surface area contributed by atoms with Crippen molar-refractivity contribution in [3.05, 3.63) is 23.8 Å². The largest absolute Gasteiger partial charge is 0.495 e. The molecule has 1 saturated carbocycles. The van der Waals surface area contributed by atoms with Crippen LogP contribution in [0.5, 0.6) is 5.75 Å². The van der Waals surface area contributed by atoms with E-state index in [9.17, 15) is 4.79 Å². The van der Waals surface area contributed by atoms with E-state index in [1.54, 1.807) is 7.11 Å². The second kappa shape index (κ2) is 5.40. The summed E-state index contributed by atoms with van der Waals surface area (Å²) in [4.78, 5) is 12.0. The summed E-state index contributed by atoms with van der Waals surface area (Å²) in [6.45, 7) is 1.97. The van der Waals surface area contributed by atoms with E-state index in [1.807, 2.05) is 25.1 Å². The van der Waals surface area contributed by atoms with E-state index in [0.717, 1.165) is 12.0 Å². The van der Waals surface area contributed by atoms with Crippen LogP contribution in [-0.4, -0.2) is 19.1 Å². The maximum absolute atomic E-state index is 12.0. The minimum Gasteiger partial charge on any atom is -0.495 e. The molecule has 4 nitrogen and oxygen atoms in total. The van der Waals surface area contributed by atoms with Crippen molar-refractivity contribution < 1.29 is 9.53 Å². The van der Waals surface area contributed by atoms with E-state index < -0.39 is 6.04 Å². The molecule has 3 N–H and O–H groups in total. The molecule has 0 heterocycles. The first kappa shape index (κ1) is 12.9. The van der Waals surface area contributed by atoms with Gasteiger partial charge < -0.3 is 15.8 Å². The van der Waals surface area contributed by atoms with Crippen molar-refractivity contribution in [1.29, 1.82) is 0 Å². The van der Waals surface area contributed by atoms with E-state index in [2.05, 4.69) is 5.32 Å². The van der Waals surface area contributed by atoms with Gasteiger partial charge >= 0.3 is 0 Å². The van der Waals surface area contributed by atoms with Crippen LogP contribution in [0.25, 0.3) is 0 Å². The van der Waals surface area contributed by atoms with Crippen LogP contribution in [0.1, 0.15) is 24.8 Å². The van der Waals surface area contributed by atoms with Crippen LogP contribution in [0.2, 0.25) is 0 Å². The van der Waals surface area contributed by atoms with Crippen LogP contribution in [0.4, 0.5) is 5.69 Å². The predicted octanol–water partition coefficient (Wildman–Crippen LogP) is 2.07. The Labute approximate surface area is 108 Å². The maximum Gasteiger partial charge on any atom is 0.241 e. The lowest BCUT2D eigenvalue weighted by molar-refractivity contribution is -0.117. The number of methoxy groups -OCH3 is 1. The van der Waals surface area contributed by atoms with Crippen molar-refractivity contribution in [2.45, 2.75) is 32.2 Å². The summed E-state index contributed by atoms with van der Waals surface area (Å²) >= 11 is 0. The van der Waals surface area contributed by atoms with E-state index in [-0.39, 0.29) is 5.91 Å². The van der Waals surface area contributed by atoms with Crippen LogP contribution >= 0.6 is 0 Å². The fraction of sp³-hybridized carbons (Fsp3) is 0.500. The van der Waals surface area contributed by atoms with Crippen LogP contribution in [0.3, 0.4) is 0 Å². The summed E-state index contributed by atoms with van der Waals surface area (Å²) in [5.41, 5.74) is 7.64. The lowest BCUT2D eigenvalue weighted by atomic mass is 10.1. The minimum atomic E-state index is -0.428. The van der Waals surface area contributed by atoms with E-state index in [0.29, 0.717) is 17.4 Å². The number of rotatable bonds is 5. The first-order chi connectivity index (χ1) is 8.60. The molecule has 1 fully saturated rings. The molecule has 1 atom stereocenters. The second-order valence-corrected chi connectivity index (χ2v) is 4.98. The Balaban J connectivity index is 2.02. The maximum atomic E-state index is 12.0. The third-order valence-corrected chi connectivity index (χ3v) is 3.23. The zero-order valence-electron chi connectivity index (χ0n) is 10.9. The Morgan fingerprint density at radius 2 is 2.28 bits per heavy atom. The van der Waals surface area contributed by atoms with Gasteiger partial charge in [-0.15, -0.1) is 0 Å². The predicted molar refractivity (Wildman–Crippen MR) is 71.7 cm³/mol. The fourth-order valence-electron chi connectivity index (χ4n) is 1.96. The van der Waals surface area contributed by atoms with Gasteiger partial charge in [-0.05, 0) is 37.0 Å². The molecule has 2 rings (SSSR count).